The molecule has 0 unspecified atom stereocenters. The summed E-state index contributed by atoms with van der Waals surface area (Å²) >= 11 is 12.1. The molecule has 3 amide bonds. The SMILES string of the molecule is C[C@H](NC(=O)N1CCN(c2ccc(Cl)c(Cl)c2)CC1)C(=O)NCc1cccnc1. The molecule has 9 heteroatoms. The van der Waals surface area contributed by atoms with Gasteiger partial charge in [0.1, 0.15) is 6.04 Å². The van der Waals surface area contributed by atoms with Gasteiger partial charge < -0.3 is 20.4 Å². The van der Waals surface area contributed by atoms with Crippen LogP contribution >= 0.6 is 23.2 Å². The minimum absolute atomic E-state index is 0.239. The van der Waals surface area contributed by atoms with Gasteiger partial charge in [0, 0.05) is 50.8 Å². The molecule has 1 aromatic heterocycles. The van der Waals surface area contributed by atoms with E-state index in [9.17, 15) is 9.59 Å². The van der Waals surface area contributed by atoms with Crippen LogP contribution in [0.15, 0.2) is 42.7 Å². The summed E-state index contributed by atoms with van der Waals surface area (Å²) in [6, 6.07) is 8.32. The van der Waals surface area contributed by atoms with E-state index in [4.69, 9.17) is 23.2 Å². The van der Waals surface area contributed by atoms with Crippen LogP contribution in [-0.2, 0) is 11.3 Å². The number of rotatable bonds is 5. The number of pyridine rings is 1. The van der Waals surface area contributed by atoms with Crippen molar-refractivity contribution in [2.24, 2.45) is 0 Å². The van der Waals surface area contributed by atoms with Gasteiger partial charge in [0.2, 0.25) is 5.91 Å². The van der Waals surface area contributed by atoms with E-state index in [1.54, 1.807) is 30.3 Å². The molecule has 0 radical (unpaired) electrons. The van der Waals surface area contributed by atoms with Gasteiger partial charge in [-0.05, 0) is 36.8 Å². The lowest BCUT2D eigenvalue weighted by Gasteiger charge is -2.36. The van der Waals surface area contributed by atoms with Gasteiger partial charge in [0.25, 0.3) is 0 Å². The zero-order valence-corrected chi connectivity index (χ0v) is 17.6. The van der Waals surface area contributed by atoms with Gasteiger partial charge in [0.05, 0.1) is 10.0 Å². The number of piperazine rings is 1. The van der Waals surface area contributed by atoms with Crippen LogP contribution in [0.1, 0.15) is 12.5 Å². The molecule has 2 aromatic rings. The summed E-state index contributed by atoms with van der Waals surface area (Å²) in [6.07, 6.45) is 3.37. The fourth-order valence-corrected chi connectivity index (χ4v) is 3.33. The standard InChI is InChI=1S/C20H23Cl2N5O2/c1-14(19(28)24-13-15-3-2-6-23-12-15)25-20(29)27-9-7-26(8-10-27)16-4-5-17(21)18(22)11-16/h2-6,11-12,14H,7-10,13H2,1H3,(H,24,28)(H,25,29)/t14-/m0/s1. The van der Waals surface area contributed by atoms with Gasteiger partial charge in [-0.3, -0.25) is 9.78 Å². The van der Waals surface area contributed by atoms with E-state index in [1.807, 2.05) is 24.3 Å². The maximum atomic E-state index is 12.5. The van der Waals surface area contributed by atoms with Crippen LogP contribution in [0.25, 0.3) is 0 Å². The number of aromatic nitrogens is 1. The van der Waals surface area contributed by atoms with Gasteiger partial charge in [-0.15, -0.1) is 0 Å². The summed E-state index contributed by atoms with van der Waals surface area (Å²) in [5, 5.41) is 6.59. The minimum atomic E-state index is -0.632. The number of carbonyl (C=O) groups excluding carboxylic acids is 2. The average molecular weight is 436 g/mol. The van der Waals surface area contributed by atoms with Crippen LogP contribution in [0.4, 0.5) is 10.5 Å². The van der Waals surface area contributed by atoms with Crippen molar-refractivity contribution in [2.45, 2.75) is 19.5 Å². The third kappa shape index (κ3) is 5.74. The molecule has 2 N–H and O–H groups in total. The molecule has 1 aliphatic rings. The second-order valence-electron chi connectivity index (χ2n) is 6.82. The number of amides is 3. The number of urea groups is 1. The maximum Gasteiger partial charge on any atom is 0.318 e. The zero-order chi connectivity index (χ0) is 20.8. The molecule has 0 saturated carbocycles. The Labute approximate surface area is 180 Å². The van der Waals surface area contributed by atoms with Crippen molar-refractivity contribution in [3.05, 3.63) is 58.3 Å². The van der Waals surface area contributed by atoms with Crippen LogP contribution in [0, 0.1) is 0 Å². The topological polar surface area (TPSA) is 77.6 Å². The lowest BCUT2D eigenvalue weighted by molar-refractivity contribution is -0.122. The molecular weight excluding hydrogens is 413 g/mol. The number of hydrogen-bond donors (Lipinski definition) is 2. The van der Waals surface area contributed by atoms with Crippen molar-refractivity contribution in [1.29, 1.82) is 0 Å². The Kier molecular flexibility index (Phi) is 7.17. The summed E-state index contributed by atoms with van der Waals surface area (Å²) in [7, 11) is 0. The van der Waals surface area contributed by atoms with Gasteiger partial charge in [-0.2, -0.15) is 0 Å². The normalized spacial score (nSPS) is 15.0. The molecule has 0 bridgehead atoms. The first-order chi connectivity index (χ1) is 13.9. The Balaban J connectivity index is 1.45. The summed E-state index contributed by atoms with van der Waals surface area (Å²) in [6.45, 7) is 4.49. The van der Waals surface area contributed by atoms with E-state index >= 15 is 0 Å². The fraction of sp³-hybridized carbons (Fsp3) is 0.350. The molecule has 0 aliphatic carbocycles. The monoisotopic (exact) mass is 435 g/mol. The Bertz CT molecular complexity index is 857. The smallest absolute Gasteiger partial charge is 0.318 e. The molecule has 0 spiro atoms. The first kappa shape index (κ1) is 21.2. The Morgan fingerprint density at radius 1 is 1.14 bits per heavy atom. The van der Waals surface area contributed by atoms with E-state index in [-0.39, 0.29) is 11.9 Å². The highest BCUT2D eigenvalue weighted by molar-refractivity contribution is 6.42. The highest BCUT2D eigenvalue weighted by atomic mass is 35.5. The fourth-order valence-electron chi connectivity index (χ4n) is 3.04. The lowest BCUT2D eigenvalue weighted by atomic mass is 10.2. The minimum Gasteiger partial charge on any atom is -0.368 e. The van der Waals surface area contributed by atoms with Crippen molar-refractivity contribution < 1.29 is 9.59 Å². The van der Waals surface area contributed by atoms with E-state index in [0.717, 1.165) is 11.3 Å². The van der Waals surface area contributed by atoms with Gasteiger partial charge in [-0.1, -0.05) is 29.3 Å². The number of anilines is 1. The largest absolute Gasteiger partial charge is 0.368 e. The maximum absolute atomic E-state index is 12.5. The summed E-state index contributed by atoms with van der Waals surface area (Å²) in [4.78, 5) is 32.6. The molecule has 3 rings (SSSR count). The predicted molar refractivity (Wildman–Crippen MR) is 114 cm³/mol. The third-order valence-electron chi connectivity index (χ3n) is 4.76. The van der Waals surface area contributed by atoms with Crippen LogP contribution < -0.4 is 15.5 Å². The molecule has 29 heavy (non-hydrogen) atoms. The van der Waals surface area contributed by atoms with Crippen LogP contribution in [0.5, 0.6) is 0 Å². The van der Waals surface area contributed by atoms with Crippen molar-refractivity contribution in [2.75, 3.05) is 31.1 Å². The number of halogens is 2. The van der Waals surface area contributed by atoms with Crippen molar-refractivity contribution in [3.8, 4) is 0 Å². The Morgan fingerprint density at radius 2 is 1.90 bits per heavy atom. The second-order valence-corrected chi connectivity index (χ2v) is 7.64. The molecule has 1 aliphatic heterocycles. The summed E-state index contributed by atoms with van der Waals surface area (Å²) in [5.41, 5.74) is 1.88. The first-order valence-electron chi connectivity index (χ1n) is 9.36. The molecule has 7 nitrogen and oxygen atoms in total. The van der Waals surface area contributed by atoms with Crippen LogP contribution in [0.2, 0.25) is 10.0 Å². The lowest BCUT2D eigenvalue weighted by Crippen LogP contribution is -2.55. The zero-order valence-electron chi connectivity index (χ0n) is 16.1. The van der Waals surface area contributed by atoms with Gasteiger partial charge in [0.15, 0.2) is 0 Å². The molecule has 1 saturated heterocycles. The molecular formula is C20H23Cl2N5O2. The van der Waals surface area contributed by atoms with Gasteiger partial charge >= 0.3 is 6.03 Å². The summed E-state index contributed by atoms with van der Waals surface area (Å²) in [5.74, 6) is -0.239. The number of nitrogens with one attached hydrogen (secondary N) is 2. The van der Waals surface area contributed by atoms with E-state index in [2.05, 4.69) is 20.5 Å². The van der Waals surface area contributed by atoms with Crippen molar-refractivity contribution in [1.82, 2.24) is 20.5 Å². The molecule has 1 fully saturated rings. The number of hydrogen-bond acceptors (Lipinski definition) is 4. The first-order valence-corrected chi connectivity index (χ1v) is 10.1. The Morgan fingerprint density at radius 3 is 2.55 bits per heavy atom. The molecule has 2 heterocycles. The number of nitrogens with zero attached hydrogens (tertiary/aromatic N) is 3. The molecule has 154 valence electrons. The van der Waals surface area contributed by atoms with Gasteiger partial charge in [-0.25, -0.2) is 4.79 Å². The predicted octanol–water partition coefficient (Wildman–Crippen LogP) is 2.92. The third-order valence-corrected chi connectivity index (χ3v) is 5.50. The van der Waals surface area contributed by atoms with E-state index in [1.165, 1.54) is 0 Å². The van der Waals surface area contributed by atoms with Crippen LogP contribution in [0.3, 0.4) is 0 Å². The quantitative estimate of drug-likeness (QED) is 0.756. The highest BCUT2D eigenvalue weighted by Crippen LogP contribution is 2.27. The average Bonchev–Trinajstić information content (AvgIpc) is 2.74. The molecule has 1 atom stereocenters. The van der Waals surface area contributed by atoms with Crippen LogP contribution in [-0.4, -0.2) is 54.0 Å². The molecule has 1 aromatic carbocycles. The van der Waals surface area contributed by atoms with E-state index < -0.39 is 6.04 Å². The number of benzene rings is 1. The van der Waals surface area contributed by atoms with Crippen molar-refractivity contribution in [3.63, 3.8) is 0 Å². The highest BCUT2D eigenvalue weighted by Gasteiger charge is 2.24. The Hall–Kier alpha value is -2.51. The van der Waals surface area contributed by atoms with Crippen molar-refractivity contribution >= 4 is 40.8 Å². The number of carbonyl (C=O) groups is 2. The second kappa shape index (κ2) is 9.80. The van der Waals surface area contributed by atoms with E-state index in [0.29, 0.717) is 42.8 Å². The summed E-state index contributed by atoms with van der Waals surface area (Å²) < 4.78 is 0.